The predicted octanol–water partition coefficient (Wildman–Crippen LogP) is 7.01. The minimum Gasteiger partial charge on any atom is -0.480 e. The zero-order valence-electron chi connectivity index (χ0n) is 22.3. The average molecular weight is 540 g/mol. The molecule has 0 saturated heterocycles. The number of benzene rings is 5. The van der Waals surface area contributed by atoms with Crippen molar-refractivity contribution in [3.8, 4) is 11.1 Å². The van der Waals surface area contributed by atoms with Gasteiger partial charge in [0.25, 0.3) is 0 Å². The highest BCUT2D eigenvalue weighted by atomic mass is 16.5. The number of rotatable bonds is 8. The Morgan fingerprint density at radius 1 is 0.634 bits per heavy atom. The standard InChI is InChI=1S/C36H29NO4/c38-34(39)33(37-35(40)41-24-32-30-22-12-10-20-28(30)29-21-11-13-23-31(29)32)36(25-14-4-1-5-15-25,26-16-6-2-7-17-26)27-18-8-3-9-19-27/h1-23,32-33H,24H2,(H,37,40)(H,38,39)/t33-/m1/s1. The normalized spacial score (nSPS) is 13.1. The Bertz CT molecular complexity index is 1530. The van der Waals surface area contributed by atoms with Crippen LogP contribution in [0, 0.1) is 0 Å². The van der Waals surface area contributed by atoms with E-state index in [0.29, 0.717) is 0 Å². The highest BCUT2D eigenvalue weighted by Gasteiger charge is 2.49. The van der Waals surface area contributed by atoms with E-state index in [1.807, 2.05) is 127 Å². The summed E-state index contributed by atoms with van der Waals surface area (Å²) in [6.07, 6.45) is -0.786. The van der Waals surface area contributed by atoms with Gasteiger partial charge in [0.1, 0.15) is 12.6 Å². The van der Waals surface area contributed by atoms with Crippen molar-refractivity contribution in [1.82, 2.24) is 5.32 Å². The Labute approximate surface area is 239 Å². The molecule has 0 spiro atoms. The maximum atomic E-state index is 13.5. The predicted molar refractivity (Wildman–Crippen MR) is 159 cm³/mol. The van der Waals surface area contributed by atoms with Gasteiger partial charge in [-0.2, -0.15) is 0 Å². The van der Waals surface area contributed by atoms with E-state index in [9.17, 15) is 14.7 Å². The highest BCUT2D eigenvalue weighted by Crippen LogP contribution is 2.45. The first kappa shape index (κ1) is 26.1. The lowest BCUT2D eigenvalue weighted by Crippen LogP contribution is -2.56. The molecule has 0 aliphatic heterocycles. The van der Waals surface area contributed by atoms with Crippen LogP contribution in [0.1, 0.15) is 33.7 Å². The third kappa shape index (κ3) is 4.66. The van der Waals surface area contributed by atoms with Crippen molar-refractivity contribution >= 4 is 12.1 Å². The van der Waals surface area contributed by atoms with Crippen molar-refractivity contribution in [2.24, 2.45) is 0 Å². The molecule has 1 aliphatic rings. The number of ether oxygens (including phenoxy) is 1. The van der Waals surface area contributed by atoms with Gasteiger partial charge in [0.2, 0.25) is 0 Å². The second kappa shape index (κ2) is 11.1. The molecule has 1 amide bonds. The first-order chi connectivity index (χ1) is 20.1. The van der Waals surface area contributed by atoms with E-state index in [1.54, 1.807) is 0 Å². The van der Waals surface area contributed by atoms with E-state index < -0.39 is 23.5 Å². The van der Waals surface area contributed by atoms with Gasteiger partial charge in [-0.25, -0.2) is 9.59 Å². The van der Waals surface area contributed by atoms with E-state index in [1.165, 1.54) is 0 Å². The van der Waals surface area contributed by atoms with Crippen molar-refractivity contribution < 1.29 is 19.4 Å². The first-order valence-electron chi connectivity index (χ1n) is 13.6. The van der Waals surface area contributed by atoms with Gasteiger partial charge in [0, 0.05) is 5.92 Å². The van der Waals surface area contributed by atoms with Crippen LogP contribution >= 0.6 is 0 Å². The second-order valence-corrected chi connectivity index (χ2v) is 10.1. The zero-order valence-corrected chi connectivity index (χ0v) is 22.3. The molecule has 5 heteroatoms. The minimum atomic E-state index is -1.37. The van der Waals surface area contributed by atoms with Crippen molar-refractivity contribution in [1.29, 1.82) is 0 Å². The fourth-order valence-corrected chi connectivity index (χ4v) is 6.22. The SMILES string of the molecule is O=C(N[C@H](C(=O)O)C(c1ccccc1)(c1ccccc1)c1ccccc1)OCC1c2ccccc2-c2ccccc21. The van der Waals surface area contributed by atoms with E-state index >= 15 is 0 Å². The van der Waals surface area contributed by atoms with Crippen LogP contribution in [-0.4, -0.2) is 29.8 Å². The number of fused-ring (bicyclic) bond motifs is 3. The summed E-state index contributed by atoms with van der Waals surface area (Å²) >= 11 is 0. The van der Waals surface area contributed by atoms with Crippen molar-refractivity contribution in [2.75, 3.05) is 6.61 Å². The van der Waals surface area contributed by atoms with Crippen LogP contribution in [0.25, 0.3) is 11.1 Å². The van der Waals surface area contributed by atoms with Gasteiger partial charge in [-0.15, -0.1) is 0 Å². The van der Waals surface area contributed by atoms with Crippen molar-refractivity contribution in [3.63, 3.8) is 0 Å². The maximum absolute atomic E-state index is 13.5. The lowest BCUT2D eigenvalue weighted by atomic mass is 9.64. The number of nitrogens with one attached hydrogen (secondary N) is 1. The monoisotopic (exact) mass is 539 g/mol. The van der Waals surface area contributed by atoms with Crippen molar-refractivity contribution in [3.05, 3.63) is 167 Å². The number of carboxylic acid groups (broad SMARTS) is 1. The van der Waals surface area contributed by atoms with Crippen LogP contribution in [0.4, 0.5) is 4.79 Å². The molecule has 0 fully saturated rings. The summed E-state index contributed by atoms with van der Waals surface area (Å²) in [5, 5.41) is 13.5. The van der Waals surface area contributed by atoms with Crippen LogP contribution in [0.2, 0.25) is 0 Å². The number of alkyl carbamates (subject to hydrolysis) is 1. The topological polar surface area (TPSA) is 75.6 Å². The third-order valence-electron chi connectivity index (χ3n) is 7.97. The number of hydrogen-bond acceptors (Lipinski definition) is 3. The average Bonchev–Trinajstić information content (AvgIpc) is 3.35. The molecule has 0 saturated carbocycles. The molecule has 0 bridgehead atoms. The summed E-state index contributed by atoms with van der Waals surface area (Å²) < 4.78 is 5.81. The number of amides is 1. The zero-order chi connectivity index (χ0) is 28.2. The molecular weight excluding hydrogens is 510 g/mol. The lowest BCUT2D eigenvalue weighted by molar-refractivity contribution is -0.140. The van der Waals surface area contributed by atoms with Crippen LogP contribution in [0.5, 0.6) is 0 Å². The van der Waals surface area contributed by atoms with Gasteiger partial charge in [0.15, 0.2) is 0 Å². The summed E-state index contributed by atoms with van der Waals surface area (Å²) in [6.45, 7) is 0.0845. The van der Waals surface area contributed by atoms with E-state index in [4.69, 9.17) is 4.74 Å². The van der Waals surface area contributed by atoms with Crippen LogP contribution in [0.3, 0.4) is 0 Å². The molecule has 0 radical (unpaired) electrons. The fraction of sp³-hybridized carbons (Fsp3) is 0.111. The van der Waals surface area contributed by atoms with Gasteiger partial charge >= 0.3 is 12.1 Å². The molecule has 5 aromatic carbocycles. The summed E-state index contributed by atoms with van der Waals surface area (Å²) in [5.41, 5.74) is 5.40. The molecule has 5 aromatic rings. The Morgan fingerprint density at radius 3 is 1.44 bits per heavy atom. The van der Waals surface area contributed by atoms with Crippen molar-refractivity contribution in [2.45, 2.75) is 17.4 Å². The molecule has 0 heterocycles. The molecule has 5 nitrogen and oxygen atoms in total. The lowest BCUT2D eigenvalue weighted by Gasteiger charge is -2.40. The van der Waals surface area contributed by atoms with E-state index in [0.717, 1.165) is 38.9 Å². The summed E-state index contributed by atoms with van der Waals surface area (Å²) in [4.78, 5) is 26.6. The van der Waals surface area contributed by atoms with Crippen LogP contribution in [-0.2, 0) is 14.9 Å². The van der Waals surface area contributed by atoms with Gasteiger partial charge < -0.3 is 15.2 Å². The molecule has 0 aromatic heterocycles. The van der Waals surface area contributed by atoms with Gasteiger partial charge in [-0.05, 0) is 38.9 Å². The molecule has 1 aliphatic carbocycles. The van der Waals surface area contributed by atoms with Gasteiger partial charge in [0.05, 0.1) is 5.41 Å². The molecule has 202 valence electrons. The van der Waals surface area contributed by atoms with Gasteiger partial charge in [-0.1, -0.05) is 140 Å². The Morgan fingerprint density at radius 2 is 1.02 bits per heavy atom. The summed E-state index contributed by atoms with van der Waals surface area (Å²) in [5.74, 6) is -1.31. The molecule has 41 heavy (non-hydrogen) atoms. The fourth-order valence-electron chi connectivity index (χ4n) is 6.22. The number of carbonyl (C=O) groups is 2. The quantitative estimate of drug-likeness (QED) is 0.208. The number of carbonyl (C=O) groups excluding carboxylic acids is 1. The van der Waals surface area contributed by atoms with E-state index in [2.05, 4.69) is 17.4 Å². The highest BCUT2D eigenvalue weighted by molar-refractivity contribution is 5.85. The largest absolute Gasteiger partial charge is 0.480 e. The number of hydrogen-bond donors (Lipinski definition) is 2. The van der Waals surface area contributed by atoms with Crippen LogP contribution in [0.15, 0.2) is 140 Å². The Hall–Kier alpha value is -5.16. The molecule has 2 N–H and O–H groups in total. The second-order valence-electron chi connectivity index (χ2n) is 10.1. The molecule has 0 unspecified atom stereocenters. The molecule has 1 atom stereocenters. The van der Waals surface area contributed by atoms with E-state index in [-0.39, 0.29) is 12.5 Å². The maximum Gasteiger partial charge on any atom is 0.407 e. The Kier molecular flexibility index (Phi) is 7.09. The summed E-state index contributed by atoms with van der Waals surface area (Å²) in [7, 11) is 0. The molecular formula is C36H29NO4. The Balaban J connectivity index is 1.37. The number of aliphatic carboxylic acids is 1. The summed E-state index contributed by atoms with van der Waals surface area (Å²) in [6, 6.07) is 43.1. The third-order valence-corrected chi connectivity index (χ3v) is 7.97. The number of carboxylic acids is 1. The van der Waals surface area contributed by atoms with Crippen LogP contribution < -0.4 is 5.32 Å². The van der Waals surface area contributed by atoms with Gasteiger partial charge in [-0.3, -0.25) is 0 Å². The first-order valence-corrected chi connectivity index (χ1v) is 13.6. The molecule has 6 rings (SSSR count). The smallest absolute Gasteiger partial charge is 0.407 e. The minimum absolute atomic E-state index is 0.0845.